The van der Waals surface area contributed by atoms with Crippen LogP contribution in [0.5, 0.6) is 0 Å². The lowest BCUT2D eigenvalue weighted by molar-refractivity contribution is 0.0474. The Balaban J connectivity index is 1.67. The van der Waals surface area contributed by atoms with Crippen molar-refractivity contribution in [3.63, 3.8) is 0 Å². The number of aromatic nitrogens is 1. The van der Waals surface area contributed by atoms with Crippen LogP contribution in [0, 0.1) is 13.8 Å². The van der Waals surface area contributed by atoms with Crippen molar-refractivity contribution in [2.45, 2.75) is 31.7 Å². The summed E-state index contributed by atoms with van der Waals surface area (Å²) in [5, 5.41) is 0. The van der Waals surface area contributed by atoms with E-state index in [9.17, 15) is 18.0 Å². The lowest BCUT2D eigenvalue weighted by atomic mass is 10.1. The molecule has 0 atom stereocenters. The van der Waals surface area contributed by atoms with Gasteiger partial charge in [0.2, 0.25) is 15.8 Å². The van der Waals surface area contributed by atoms with E-state index in [1.54, 1.807) is 6.07 Å². The van der Waals surface area contributed by atoms with E-state index in [1.165, 1.54) is 43.9 Å². The second-order valence-corrected chi connectivity index (χ2v) is 10.1. The number of carbonyl (C=O) groups excluding carboxylic acids is 2. The van der Waals surface area contributed by atoms with Crippen LogP contribution in [-0.4, -0.2) is 49.7 Å². The zero-order chi connectivity index (χ0) is 24.2. The zero-order valence-electron chi connectivity index (χ0n) is 19.2. The van der Waals surface area contributed by atoms with Crippen molar-refractivity contribution in [1.29, 1.82) is 0 Å². The second kappa shape index (κ2) is 10.1. The molecular weight excluding hydrogens is 440 g/mol. The molecule has 0 aliphatic heterocycles. The van der Waals surface area contributed by atoms with Gasteiger partial charge in [-0.05, 0) is 50.1 Å². The topological polar surface area (TPSA) is 85.7 Å². The van der Waals surface area contributed by atoms with Gasteiger partial charge in [-0.1, -0.05) is 36.4 Å². The van der Waals surface area contributed by atoms with E-state index in [4.69, 9.17) is 4.74 Å². The molecule has 0 aliphatic rings. The first-order valence-corrected chi connectivity index (χ1v) is 12.0. The number of ketones is 1. The summed E-state index contributed by atoms with van der Waals surface area (Å²) in [6.45, 7) is 4.13. The number of benzene rings is 2. The van der Waals surface area contributed by atoms with Crippen LogP contribution < -0.4 is 0 Å². The van der Waals surface area contributed by atoms with Crippen LogP contribution in [0.4, 0.5) is 0 Å². The Bertz CT molecular complexity index is 1260. The molecule has 7 nitrogen and oxygen atoms in total. The lowest BCUT2D eigenvalue weighted by Gasteiger charge is -2.12. The summed E-state index contributed by atoms with van der Waals surface area (Å²) in [7, 11) is -0.861. The van der Waals surface area contributed by atoms with Crippen molar-refractivity contribution in [3.05, 3.63) is 88.7 Å². The summed E-state index contributed by atoms with van der Waals surface area (Å²) < 4.78 is 32.9. The molecule has 0 saturated carbocycles. The van der Waals surface area contributed by atoms with Gasteiger partial charge in [-0.25, -0.2) is 17.5 Å². The van der Waals surface area contributed by atoms with Crippen LogP contribution in [-0.2, 0) is 27.7 Å². The molecule has 3 aromatic rings. The monoisotopic (exact) mass is 468 g/mol. The van der Waals surface area contributed by atoms with E-state index in [1.807, 2.05) is 32.0 Å². The maximum absolute atomic E-state index is 12.8. The van der Waals surface area contributed by atoms with E-state index in [0.717, 1.165) is 28.7 Å². The Morgan fingerprint density at radius 3 is 2.33 bits per heavy atom. The molecule has 2 aromatic carbocycles. The lowest BCUT2D eigenvalue weighted by Crippen LogP contribution is -2.22. The third kappa shape index (κ3) is 5.58. The van der Waals surface area contributed by atoms with Gasteiger partial charge in [0.25, 0.3) is 0 Å². The van der Waals surface area contributed by atoms with Gasteiger partial charge in [-0.3, -0.25) is 4.79 Å². The Morgan fingerprint density at radius 1 is 0.970 bits per heavy atom. The van der Waals surface area contributed by atoms with Crippen LogP contribution >= 0.6 is 0 Å². The molecule has 174 valence electrons. The molecular formula is C25H28N2O5S. The van der Waals surface area contributed by atoms with Crippen molar-refractivity contribution in [2.75, 3.05) is 20.7 Å². The third-order valence-corrected chi connectivity index (χ3v) is 7.33. The average molecular weight is 469 g/mol. The fourth-order valence-corrected chi connectivity index (χ4v) is 4.55. The van der Waals surface area contributed by atoms with Gasteiger partial charge in [0.1, 0.15) is 0 Å². The van der Waals surface area contributed by atoms with Gasteiger partial charge in [-0.15, -0.1) is 0 Å². The summed E-state index contributed by atoms with van der Waals surface area (Å²) in [5.74, 6) is -1.06. The number of aryl methyl sites for hydroxylation is 2. The molecule has 0 saturated heterocycles. The van der Waals surface area contributed by atoms with Gasteiger partial charge in [0.15, 0.2) is 6.61 Å². The molecule has 0 N–H and O–H groups in total. The highest BCUT2D eigenvalue weighted by Gasteiger charge is 2.21. The molecule has 0 radical (unpaired) electrons. The van der Waals surface area contributed by atoms with E-state index >= 15 is 0 Å². The fourth-order valence-electron chi connectivity index (χ4n) is 3.60. The maximum Gasteiger partial charge on any atom is 0.338 e. The van der Waals surface area contributed by atoms with Crippen molar-refractivity contribution < 1.29 is 22.7 Å². The predicted octanol–water partition coefficient (Wildman–Crippen LogP) is 3.64. The van der Waals surface area contributed by atoms with Crippen LogP contribution in [0.3, 0.4) is 0 Å². The standard InChI is InChI=1S/C25H28N2O5S/c1-18-15-23(19(2)27(18)14-13-20-9-6-5-7-10-20)24(28)17-32-25(29)21-11-8-12-22(16-21)33(30,31)26(3)4/h5-12,15-16H,13-14,17H2,1-4H3. The molecule has 3 rings (SSSR count). The highest BCUT2D eigenvalue weighted by atomic mass is 32.2. The summed E-state index contributed by atoms with van der Waals surface area (Å²) >= 11 is 0. The van der Waals surface area contributed by atoms with Crippen LogP contribution in [0.25, 0.3) is 0 Å². The van der Waals surface area contributed by atoms with E-state index in [2.05, 4.69) is 16.7 Å². The summed E-state index contributed by atoms with van der Waals surface area (Å²) in [4.78, 5) is 25.2. The number of hydrogen-bond donors (Lipinski definition) is 0. The van der Waals surface area contributed by atoms with Gasteiger partial charge >= 0.3 is 5.97 Å². The molecule has 33 heavy (non-hydrogen) atoms. The molecule has 0 bridgehead atoms. The van der Waals surface area contributed by atoms with Gasteiger partial charge in [0.05, 0.1) is 10.5 Å². The second-order valence-electron chi connectivity index (χ2n) is 7.99. The molecule has 1 aromatic heterocycles. The molecule has 0 spiro atoms. The van der Waals surface area contributed by atoms with E-state index < -0.39 is 22.6 Å². The number of rotatable bonds is 9. The minimum atomic E-state index is -3.68. The first-order chi connectivity index (χ1) is 15.6. The molecule has 0 amide bonds. The highest BCUT2D eigenvalue weighted by molar-refractivity contribution is 7.89. The van der Waals surface area contributed by atoms with Crippen LogP contribution in [0.2, 0.25) is 0 Å². The van der Waals surface area contributed by atoms with Crippen molar-refractivity contribution in [1.82, 2.24) is 8.87 Å². The zero-order valence-corrected chi connectivity index (χ0v) is 20.1. The summed E-state index contributed by atoms with van der Waals surface area (Å²) in [6.07, 6.45) is 0.839. The Labute approximate surface area is 194 Å². The van der Waals surface area contributed by atoms with E-state index in [0.29, 0.717) is 5.56 Å². The van der Waals surface area contributed by atoms with Crippen molar-refractivity contribution >= 4 is 21.8 Å². The number of hydrogen-bond acceptors (Lipinski definition) is 5. The first-order valence-electron chi connectivity index (χ1n) is 10.5. The normalized spacial score (nSPS) is 11.5. The minimum Gasteiger partial charge on any atom is -0.454 e. The first kappa shape index (κ1) is 24.4. The highest BCUT2D eigenvalue weighted by Crippen LogP contribution is 2.18. The number of sulfonamides is 1. The summed E-state index contributed by atoms with van der Waals surface area (Å²) in [6, 6.07) is 17.5. The van der Waals surface area contributed by atoms with Gasteiger partial charge in [-0.2, -0.15) is 0 Å². The maximum atomic E-state index is 12.8. The quantitative estimate of drug-likeness (QED) is 0.354. The van der Waals surface area contributed by atoms with Crippen LogP contribution in [0.15, 0.2) is 65.6 Å². The molecule has 8 heteroatoms. The number of carbonyl (C=O) groups is 2. The number of nitrogens with zero attached hydrogens (tertiary/aromatic N) is 2. The van der Waals surface area contributed by atoms with Crippen molar-refractivity contribution in [3.8, 4) is 0 Å². The number of esters is 1. The predicted molar refractivity (Wildman–Crippen MR) is 126 cm³/mol. The molecule has 0 unspecified atom stereocenters. The average Bonchev–Trinajstić information content (AvgIpc) is 3.09. The smallest absolute Gasteiger partial charge is 0.338 e. The van der Waals surface area contributed by atoms with Gasteiger partial charge in [0, 0.05) is 37.6 Å². The van der Waals surface area contributed by atoms with Crippen molar-refractivity contribution in [2.24, 2.45) is 0 Å². The van der Waals surface area contributed by atoms with Crippen LogP contribution in [0.1, 0.15) is 37.7 Å². The SMILES string of the molecule is Cc1cc(C(=O)COC(=O)c2cccc(S(=O)(=O)N(C)C)c2)c(C)n1CCc1ccccc1. The Morgan fingerprint density at radius 2 is 1.67 bits per heavy atom. The number of ether oxygens (including phenoxy) is 1. The Hall–Kier alpha value is -3.23. The minimum absolute atomic E-state index is 0.0183. The summed E-state index contributed by atoms with van der Waals surface area (Å²) in [5.41, 5.74) is 3.57. The molecule has 0 aliphatic carbocycles. The molecule has 0 fully saturated rings. The van der Waals surface area contributed by atoms with E-state index in [-0.39, 0.29) is 16.2 Å². The largest absolute Gasteiger partial charge is 0.454 e. The Kier molecular flexibility index (Phi) is 7.50. The van der Waals surface area contributed by atoms with Gasteiger partial charge < -0.3 is 9.30 Å². The number of Topliss-reactive ketones (excluding diaryl/α,β-unsaturated/α-hetero) is 1. The third-order valence-electron chi connectivity index (χ3n) is 5.52. The molecule has 1 heterocycles. The fraction of sp³-hybridized carbons (Fsp3) is 0.280.